The van der Waals surface area contributed by atoms with Crippen molar-refractivity contribution in [1.29, 1.82) is 0 Å². The van der Waals surface area contributed by atoms with E-state index >= 15 is 4.39 Å². The molecule has 220 valence electrons. The highest BCUT2D eigenvalue weighted by atomic mass is 19.3. The lowest BCUT2D eigenvalue weighted by atomic mass is 9.87. The van der Waals surface area contributed by atoms with Gasteiger partial charge in [0.15, 0.2) is 11.6 Å². The van der Waals surface area contributed by atoms with Crippen LogP contribution in [0.25, 0.3) is 22.2 Å². The Hall–Kier alpha value is -4.16. The minimum absolute atomic E-state index is 0.00860. The lowest BCUT2D eigenvalue weighted by molar-refractivity contribution is -0.0489. The van der Waals surface area contributed by atoms with Gasteiger partial charge in [-0.05, 0) is 88.1 Å². The highest BCUT2D eigenvalue weighted by Gasteiger charge is 2.47. The van der Waals surface area contributed by atoms with E-state index in [0.29, 0.717) is 23.9 Å². The van der Waals surface area contributed by atoms with Crippen molar-refractivity contribution in [3.8, 4) is 17.0 Å². The molecule has 1 fully saturated rings. The van der Waals surface area contributed by atoms with Crippen LogP contribution in [0.4, 0.5) is 17.6 Å². The summed E-state index contributed by atoms with van der Waals surface area (Å²) >= 11 is 0. The van der Waals surface area contributed by atoms with Crippen molar-refractivity contribution in [1.82, 2.24) is 20.5 Å². The zero-order valence-electron chi connectivity index (χ0n) is 23.0. The third-order valence-corrected chi connectivity index (χ3v) is 7.20. The number of hydrogen-bond donors (Lipinski definition) is 3. The summed E-state index contributed by atoms with van der Waals surface area (Å²) in [5.41, 5.74) is -3.04. The summed E-state index contributed by atoms with van der Waals surface area (Å²) in [6.45, 7) is 0.888. The lowest BCUT2D eigenvalue weighted by Gasteiger charge is -2.31. The Morgan fingerprint density at radius 1 is 1.07 bits per heavy atom. The highest BCUT2D eigenvalue weighted by molar-refractivity contribution is 5.99. The van der Waals surface area contributed by atoms with Crippen LogP contribution in [0.1, 0.15) is 54.0 Å². The monoisotopic (exact) mass is 584 g/mol. The largest absolute Gasteiger partial charge is 0.432 e. The van der Waals surface area contributed by atoms with Gasteiger partial charge in [-0.3, -0.25) is 4.79 Å². The van der Waals surface area contributed by atoms with E-state index in [0.717, 1.165) is 18.2 Å². The van der Waals surface area contributed by atoms with Crippen LogP contribution in [0.3, 0.4) is 0 Å². The molecule has 42 heavy (non-hydrogen) atoms. The number of nitrogens with one attached hydrogen (secondary N) is 1. The number of ether oxygens (including phenoxy) is 1. The van der Waals surface area contributed by atoms with Crippen molar-refractivity contribution in [3.05, 3.63) is 82.7 Å². The highest BCUT2D eigenvalue weighted by Crippen LogP contribution is 2.46. The molecule has 2 aromatic carbocycles. The van der Waals surface area contributed by atoms with E-state index in [1.54, 1.807) is 13.0 Å². The fourth-order valence-corrected chi connectivity index (χ4v) is 4.86. The van der Waals surface area contributed by atoms with E-state index < -0.39 is 35.4 Å². The van der Waals surface area contributed by atoms with E-state index in [4.69, 9.17) is 0 Å². The second kappa shape index (κ2) is 10.9. The molecule has 0 unspecified atom stereocenters. The van der Waals surface area contributed by atoms with Crippen LogP contribution in [0, 0.1) is 24.5 Å². The van der Waals surface area contributed by atoms with Crippen LogP contribution in [-0.2, 0) is 11.2 Å². The summed E-state index contributed by atoms with van der Waals surface area (Å²) in [7, 11) is 0. The van der Waals surface area contributed by atoms with Crippen LogP contribution in [0.5, 0.6) is 5.75 Å². The topological polar surface area (TPSA) is 117 Å². The second-order valence-corrected chi connectivity index (χ2v) is 10.9. The van der Waals surface area contributed by atoms with Crippen LogP contribution < -0.4 is 10.1 Å². The molecule has 0 bridgehead atoms. The number of carbonyl (C=O) groups excluding carboxylic acids is 1. The molecule has 2 aromatic heterocycles. The molecule has 3 N–H and O–H groups in total. The number of amides is 1. The molecule has 0 saturated heterocycles. The van der Waals surface area contributed by atoms with Crippen LogP contribution >= 0.6 is 0 Å². The van der Waals surface area contributed by atoms with E-state index in [1.165, 1.54) is 38.1 Å². The number of fused-ring (bicyclic) bond motifs is 1. The fourth-order valence-electron chi connectivity index (χ4n) is 4.86. The summed E-state index contributed by atoms with van der Waals surface area (Å²) in [6, 6.07) is 10.3. The number of pyridine rings is 1. The number of carbonyl (C=O) groups is 1. The third kappa shape index (κ3) is 5.90. The zero-order valence-corrected chi connectivity index (χ0v) is 23.0. The van der Waals surface area contributed by atoms with Gasteiger partial charge in [0.05, 0.1) is 23.5 Å². The van der Waals surface area contributed by atoms with Gasteiger partial charge < -0.3 is 20.3 Å². The average molecular weight is 585 g/mol. The number of hydrogen-bond acceptors (Lipinski definition) is 7. The molecular weight excluding hydrogens is 556 g/mol. The van der Waals surface area contributed by atoms with Gasteiger partial charge in [-0.25, -0.2) is 13.8 Å². The maximum absolute atomic E-state index is 15.6. The minimum Gasteiger partial charge on any atom is -0.432 e. The van der Waals surface area contributed by atoms with Gasteiger partial charge in [-0.15, -0.1) is 5.10 Å². The van der Waals surface area contributed by atoms with Crippen molar-refractivity contribution in [2.45, 2.75) is 51.4 Å². The minimum atomic E-state index is -3.17. The number of aryl methyl sites for hydroxylation is 1. The van der Waals surface area contributed by atoms with E-state index in [-0.39, 0.29) is 51.8 Å². The Labute approximate surface area is 238 Å². The number of aromatic nitrogens is 3. The smallest absolute Gasteiger partial charge is 0.387 e. The predicted octanol–water partition coefficient (Wildman–Crippen LogP) is 5.13. The molecule has 1 saturated carbocycles. The maximum Gasteiger partial charge on any atom is 0.387 e. The number of nitrogens with zero attached hydrogens (tertiary/aromatic N) is 3. The molecule has 5 rings (SSSR count). The number of rotatable bonds is 9. The number of benzene rings is 2. The first-order valence-corrected chi connectivity index (χ1v) is 13.2. The van der Waals surface area contributed by atoms with Crippen LogP contribution in [0.2, 0.25) is 0 Å². The van der Waals surface area contributed by atoms with Gasteiger partial charge >= 0.3 is 6.61 Å². The molecule has 0 spiro atoms. The second-order valence-electron chi connectivity index (χ2n) is 10.9. The number of halogens is 4. The Bertz CT molecular complexity index is 1660. The molecule has 1 amide bonds. The summed E-state index contributed by atoms with van der Waals surface area (Å²) in [6.07, 6.45) is 1.19. The van der Waals surface area contributed by atoms with Crippen molar-refractivity contribution in [2.24, 2.45) is 5.92 Å². The van der Waals surface area contributed by atoms with E-state index in [1.807, 2.05) is 0 Å². The van der Waals surface area contributed by atoms with E-state index in [9.17, 15) is 28.2 Å². The van der Waals surface area contributed by atoms with Gasteiger partial charge in [0, 0.05) is 22.1 Å². The van der Waals surface area contributed by atoms with Gasteiger partial charge in [-0.2, -0.15) is 13.9 Å². The summed E-state index contributed by atoms with van der Waals surface area (Å²) < 4.78 is 60.0. The summed E-state index contributed by atoms with van der Waals surface area (Å²) in [5, 5.41) is 33.4. The lowest BCUT2D eigenvalue weighted by Crippen LogP contribution is -2.43. The van der Waals surface area contributed by atoms with Gasteiger partial charge in [-0.1, -0.05) is 0 Å². The van der Waals surface area contributed by atoms with E-state index in [2.05, 4.69) is 25.2 Å². The first kappa shape index (κ1) is 29.3. The average Bonchev–Trinajstić information content (AvgIpc) is 3.77. The first-order chi connectivity index (χ1) is 19.8. The van der Waals surface area contributed by atoms with Gasteiger partial charge in [0.25, 0.3) is 5.91 Å². The number of aliphatic hydroxyl groups is 2. The summed E-state index contributed by atoms with van der Waals surface area (Å²) in [4.78, 5) is 17.7. The van der Waals surface area contributed by atoms with Gasteiger partial charge in [0.1, 0.15) is 22.6 Å². The SMILES string of the molecule is Cc1cc2cc(C(=O)NC[C@](O)(c3cc(C(C)(C)O)c(F)c(-c4ccc(F)cc4)n3)C3CC3)cc(OC(F)F)c2nn1. The first-order valence-electron chi connectivity index (χ1n) is 13.2. The molecule has 0 aliphatic heterocycles. The quantitative estimate of drug-likeness (QED) is 0.234. The van der Waals surface area contributed by atoms with Crippen molar-refractivity contribution < 1.29 is 37.3 Å². The molecule has 1 aliphatic rings. The van der Waals surface area contributed by atoms with Crippen LogP contribution in [0.15, 0.2) is 48.5 Å². The van der Waals surface area contributed by atoms with Crippen LogP contribution in [-0.4, -0.2) is 44.5 Å². The standard InChI is InChI=1S/C30H28F4N4O4/c1-15-10-17-11-18(12-22(42-28(33)34)25(17)38-37-15)27(39)35-14-30(41,19-6-7-19)23-13-21(29(2,3)40)24(32)26(36-23)16-4-8-20(31)9-5-16/h4-5,8-13,19,28,40-41H,6-7,14H2,1-3H3,(H,35,39)/t30-/m1/s1. The molecule has 0 radical (unpaired) electrons. The third-order valence-electron chi connectivity index (χ3n) is 7.20. The van der Waals surface area contributed by atoms with Crippen molar-refractivity contribution >= 4 is 16.8 Å². The molecule has 12 heteroatoms. The molecule has 8 nitrogen and oxygen atoms in total. The Balaban J connectivity index is 1.52. The predicted molar refractivity (Wildman–Crippen MR) is 145 cm³/mol. The maximum atomic E-state index is 15.6. The van der Waals surface area contributed by atoms with Crippen molar-refractivity contribution in [3.63, 3.8) is 0 Å². The van der Waals surface area contributed by atoms with Gasteiger partial charge in [0.2, 0.25) is 0 Å². The number of alkyl halides is 2. The Morgan fingerprint density at radius 3 is 2.38 bits per heavy atom. The molecule has 1 atom stereocenters. The molecule has 4 aromatic rings. The zero-order chi connectivity index (χ0) is 30.4. The Kier molecular flexibility index (Phi) is 7.62. The molecule has 1 aliphatic carbocycles. The fraction of sp³-hybridized carbons (Fsp3) is 0.333. The van der Waals surface area contributed by atoms with Crippen molar-refractivity contribution in [2.75, 3.05) is 6.54 Å². The normalized spacial score (nSPS) is 15.1. The Morgan fingerprint density at radius 2 is 1.76 bits per heavy atom. The molecular formula is C30H28F4N4O4. The summed E-state index contributed by atoms with van der Waals surface area (Å²) in [5.74, 6) is -2.75. The molecule has 2 heterocycles.